The molecule has 3 rings (SSSR count). The molecular weight excluding hydrogens is 341 g/mol. The van der Waals surface area contributed by atoms with E-state index in [1.165, 1.54) is 31.4 Å². The Hall–Kier alpha value is -3.16. The molecule has 136 valence electrons. The second kappa shape index (κ2) is 6.62. The zero-order chi connectivity index (χ0) is 18.9. The summed E-state index contributed by atoms with van der Waals surface area (Å²) in [6.45, 7) is 3.48. The molecule has 2 aromatic rings. The molecule has 1 aromatic heterocycles. The van der Waals surface area contributed by atoms with Crippen molar-refractivity contribution in [2.45, 2.75) is 25.8 Å². The van der Waals surface area contributed by atoms with Gasteiger partial charge in [0.25, 0.3) is 5.91 Å². The maximum Gasteiger partial charge on any atom is 0.330 e. The van der Waals surface area contributed by atoms with Crippen molar-refractivity contribution in [3.63, 3.8) is 0 Å². The number of methoxy groups -OCH3 is 1. The summed E-state index contributed by atoms with van der Waals surface area (Å²) in [5.41, 5.74) is -0.958. The summed E-state index contributed by atoms with van der Waals surface area (Å²) in [5.74, 6) is -0.245. The van der Waals surface area contributed by atoms with Gasteiger partial charge in [0.05, 0.1) is 7.11 Å². The molecule has 1 aromatic carbocycles. The summed E-state index contributed by atoms with van der Waals surface area (Å²) in [6, 6.07) is 8.20. The van der Waals surface area contributed by atoms with E-state index in [2.05, 4.69) is 10.3 Å². The lowest BCUT2D eigenvalue weighted by atomic mass is 9.99. The number of rotatable bonds is 5. The minimum absolute atomic E-state index is 0.0338. The van der Waals surface area contributed by atoms with E-state index in [0.717, 1.165) is 4.90 Å². The first kappa shape index (κ1) is 17.7. The van der Waals surface area contributed by atoms with Crippen molar-refractivity contribution >= 4 is 17.8 Å². The van der Waals surface area contributed by atoms with Gasteiger partial charge in [-0.3, -0.25) is 4.79 Å². The number of carbonyl (C=O) groups is 2. The average molecular weight is 359 g/mol. The highest BCUT2D eigenvalue weighted by Crippen LogP contribution is 2.29. The van der Waals surface area contributed by atoms with Gasteiger partial charge in [0.15, 0.2) is 11.6 Å². The summed E-state index contributed by atoms with van der Waals surface area (Å²) in [5, 5.41) is 2.67. The van der Waals surface area contributed by atoms with Crippen LogP contribution in [0.4, 0.5) is 15.0 Å². The first-order valence-electron chi connectivity index (χ1n) is 8.03. The molecule has 2 heterocycles. The molecule has 1 atom stereocenters. The molecule has 1 aliphatic heterocycles. The lowest BCUT2D eigenvalue weighted by molar-refractivity contribution is -0.121. The highest BCUT2D eigenvalue weighted by atomic mass is 19.1. The van der Waals surface area contributed by atoms with Gasteiger partial charge in [-0.15, -0.1) is 0 Å². The first-order chi connectivity index (χ1) is 12.4. The Morgan fingerprint density at radius 2 is 2.04 bits per heavy atom. The lowest BCUT2D eigenvalue weighted by Crippen LogP contribution is -2.43. The third-order valence-electron chi connectivity index (χ3n) is 4.25. The van der Waals surface area contributed by atoms with Gasteiger partial charge in [-0.2, -0.15) is 4.98 Å². The van der Waals surface area contributed by atoms with Crippen LogP contribution < -0.4 is 19.7 Å². The highest BCUT2D eigenvalue weighted by Gasteiger charge is 2.47. The molecule has 0 spiro atoms. The second-order valence-corrected chi connectivity index (χ2v) is 5.99. The van der Waals surface area contributed by atoms with Crippen molar-refractivity contribution in [2.24, 2.45) is 0 Å². The van der Waals surface area contributed by atoms with E-state index < -0.39 is 17.4 Å². The largest absolute Gasteiger partial charge is 0.494 e. The number of halogens is 1. The SMILES string of the molecule is CC[C@@]1(C)NC(=O)N(c2cccc(Oc3ccc(F)c(OC)c3)n2)C1=O. The Kier molecular flexibility index (Phi) is 4.50. The Bertz CT molecular complexity index is 873. The minimum atomic E-state index is -0.958. The number of aromatic nitrogens is 1. The van der Waals surface area contributed by atoms with E-state index in [4.69, 9.17) is 9.47 Å². The molecule has 26 heavy (non-hydrogen) atoms. The topological polar surface area (TPSA) is 80.8 Å². The Morgan fingerprint density at radius 1 is 1.27 bits per heavy atom. The zero-order valence-corrected chi connectivity index (χ0v) is 14.6. The summed E-state index contributed by atoms with van der Waals surface area (Å²) < 4.78 is 24.0. The molecular formula is C18H18FN3O4. The summed E-state index contributed by atoms with van der Waals surface area (Å²) in [4.78, 5) is 30.0. The van der Waals surface area contributed by atoms with Crippen LogP contribution >= 0.6 is 0 Å². The van der Waals surface area contributed by atoms with E-state index in [9.17, 15) is 14.0 Å². The average Bonchev–Trinajstić information content (AvgIpc) is 2.86. The van der Waals surface area contributed by atoms with Crippen LogP contribution in [0.2, 0.25) is 0 Å². The lowest BCUT2D eigenvalue weighted by Gasteiger charge is -2.19. The number of benzene rings is 1. The van der Waals surface area contributed by atoms with E-state index >= 15 is 0 Å². The number of nitrogens with one attached hydrogen (secondary N) is 1. The summed E-state index contributed by atoms with van der Waals surface area (Å²) in [7, 11) is 1.35. The van der Waals surface area contributed by atoms with Crippen molar-refractivity contribution in [1.82, 2.24) is 10.3 Å². The number of carbonyl (C=O) groups excluding carboxylic acids is 2. The molecule has 1 N–H and O–H groups in total. The quantitative estimate of drug-likeness (QED) is 0.829. The molecule has 1 fully saturated rings. The smallest absolute Gasteiger partial charge is 0.330 e. The summed E-state index contributed by atoms with van der Waals surface area (Å²) >= 11 is 0. The van der Waals surface area contributed by atoms with Crippen LogP contribution in [0.15, 0.2) is 36.4 Å². The normalized spacial score (nSPS) is 19.5. The molecule has 0 aliphatic carbocycles. The van der Waals surface area contributed by atoms with Gasteiger partial charge >= 0.3 is 6.03 Å². The number of amides is 3. The number of imide groups is 1. The van der Waals surface area contributed by atoms with Crippen molar-refractivity contribution in [1.29, 1.82) is 0 Å². The maximum atomic E-state index is 13.5. The number of ether oxygens (including phenoxy) is 2. The predicted molar refractivity (Wildman–Crippen MR) is 92.0 cm³/mol. The van der Waals surface area contributed by atoms with Crippen LogP contribution in [0.5, 0.6) is 17.4 Å². The second-order valence-electron chi connectivity index (χ2n) is 5.99. The van der Waals surface area contributed by atoms with Crippen molar-refractivity contribution in [3.05, 3.63) is 42.2 Å². The number of urea groups is 1. The first-order valence-corrected chi connectivity index (χ1v) is 8.03. The van der Waals surface area contributed by atoms with E-state index in [1.54, 1.807) is 19.1 Å². The minimum Gasteiger partial charge on any atom is -0.494 e. The van der Waals surface area contributed by atoms with Gasteiger partial charge in [-0.1, -0.05) is 13.0 Å². The van der Waals surface area contributed by atoms with E-state index in [0.29, 0.717) is 12.2 Å². The van der Waals surface area contributed by atoms with Crippen molar-refractivity contribution in [2.75, 3.05) is 12.0 Å². The fraction of sp³-hybridized carbons (Fsp3) is 0.278. The van der Waals surface area contributed by atoms with E-state index in [-0.39, 0.29) is 23.4 Å². The van der Waals surface area contributed by atoms with Gasteiger partial charge in [0.1, 0.15) is 17.1 Å². The van der Waals surface area contributed by atoms with Crippen LogP contribution in [0.1, 0.15) is 20.3 Å². The number of pyridine rings is 1. The third-order valence-corrected chi connectivity index (χ3v) is 4.25. The molecule has 8 heteroatoms. The van der Waals surface area contributed by atoms with Gasteiger partial charge in [0.2, 0.25) is 5.88 Å². The van der Waals surface area contributed by atoms with Crippen molar-refractivity contribution < 1.29 is 23.5 Å². The van der Waals surface area contributed by atoms with E-state index in [1.807, 2.05) is 6.92 Å². The molecule has 0 bridgehead atoms. The Balaban J connectivity index is 1.87. The van der Waals surface area contributed by atoms with Crippen LogP contribution in [-0.4, -0.2) is 29.6 Å². The standard InChI is InChI=1S/C18H18FN3O4/c1-4-18(2)16(23)22(17(24)21-18)14-6-5-7-15(20-14)26-11-8-9-12(19)13(10-11)25-3/h5-10H,4H2,1-3H3,(H,21,24)/t18-/m1/s1. The number of nitrogens with zero attached hydrogens (tertiary/aromatic N) is 2. The molecule has 7 nitrogen and oxygen atoms in total. The van der Waals surface area contributed by atoms with Gasteiger partial charge < -0.3 is 14.8 Å². The van der Waals surface area contributed by atoms with Crippen LogP contribution in [-0.2, 0) is 4.79 Å². The third kappa shape index (κ3) is 3.05. The predicted octanol–water partition coefficient (Wildman–Crippen LogP) is 3.25. The molecule has 1 saturated heterocycles. The monoisotopic (exact) mass is 359 g/mol. The number of hydrogen-bond acceptors (Lipinski definition) is 5. The van der Waals surface area contributed by atoms with Gasteiger partial charge in [-0.25, -0.2) is 14.1 Å². The fourth-order valence-corrected chi connectivity index (χ4v) is 2.54. The zero-order valence-electron chi connectivity index (χ0n) is 14.6. The summed E-state index contributed by atoms with van der Waals surface area (Å²) in [6.07, 6.45) is 0.458. The van der Waals surface area contributed by atoms with Crippen LogP contribution in [0.25, 0.3) is 0 Å². The highest BCUT2D eigenvalue weighted by molar-refractivity contribution is 6.22. The number of anilines is 1. The molecule has 3 amide bonds. The molecule has 0 unspecified atom stereocenters. The van der Waals surface area contributed by atoms with Gasteiger partial charge in [-0.05, 0) is 31.5 Å². The Morgan fingerprint density at radius 3 is 2.69 bits per heavy atom. The fourth-order valence-electron chi connectivity index (χ4n) is 2.54. The molecule has 0 saturated carbocycles. The maximum absolute atomic E-state index is 13.5. The Labute approximate surface area is 149 Å². The van der Waals surface area contributed by atoms with Crippen LogP contribution in [0, 0.1) is 5.82 Å². The van der Waals surface area contributed by atoms with Crippen molar-refractivity contribution in [3.8, 4) is 17.4 Å². The van der Waals surface area contributed by atoms with Crippen LogP contribution in [0.3, 0.4) is 0 Å². The molecule has 1 aliphatic rings. The molecule has 0 radical (unpaired) electrons. The number of hydrogen-bond donors (Lipinski definition) is 1. The van der Waals surface area contributed by atoms with Gasteiger partial charge in [0, 0.05) is 12.1 Å².